The molecule has 0 amide bonds. The molecule has 1 aromatic heterocycles. The van der Waals surface area contributed by atoms with Gasteiger partial charge in [-0.3, -0.25) is 0 Å². The van der Waals surface area contributed by atoms with E-state index in [2.05, 4.69) is 22.0 Å². The van der Waals surface area contributed by atoms with Gasteiger partial charge in [-0.1, -0.05) is 0 Å². The molecule has 1 atom stereocenters. The lowest BCUT2D eigenvalue weighted by Gasteiger charge is -2.14. The minimum Gasteiger partial charge on any atom is -0.496 e. The zero-order valence-electron chi connectivity index (χ0n) is 10.9. The van der Waals surface area contributed by atoms with Gasteiger partial charge in [0, 0.05) is 21.4 Å². The number of fused-ring (bicyclic) bond motifs is 1. The molecular formula is C15H13BrClFOS. The summed E-state index contributed by atoms with van der Waals surface area (Å²) in [7, 11) is 1.53. The second-order valence-corrected chi connectivity index (χ2v) is 7.28. The van der Waals surface area contributed by atoms with Crippen molar-refractivity contribution in [1.82, 2.24) is 0 Å². The highest BCUT2D eigenvalue weighted by atomic mass is 79.9. The highest BCUT2D eigenvalue weighted by Crippen LogP contribution is 2.43. The zero-order chi connectivity index (χ0) is 14.3. The largest absolute Gasteiger partial charge is 0.496 e. The third-order valence-electron chi connectivity index (χ3n) is 3.56. The fourth-order valence-electron chi connectivity index (χ4n) is 2.55. The number of hydrogen-bond donors (Lipinski definition) is 0. The van der Waals surface area contributed by atoms with Crippen LogP contribution in [0.4, 0.5) is 4.39 Å². The molecule has 0 radical (unpaired) electrons. The van der Waals surface area contributed by atoms with E-state index in [1.54, 1.807) is 17.4 Å². The van der Waals surface area contributed by atoms with Gasteiger partial charge in [0.25, 0.3) is 0 Å². The number of ether oxygens (including phenoxy) is 1. The van der Waals surface area contributed by atoms with Crippen molar-refractivity contribution >= 4 is 38.9 Å². The van der Waals surface area contributed by atoms with Crippen LogP contribution in [0, 0.1) is 5.82 Å². The van der Waals surface area contributed by atoms with Crippen molar-refractivity contribution in [3.63, 3.8) is 0 Å². The van der Waals surface area contributed by atoms with Crippen LogP contribution in [0.15, 0.2) is 22.7 Å². The van der Waals surface area contributed by atoms with Crippen molar-refractivity contribution in [3.8, 4) is 5.75 Å². The summed E-state index contributed by atoms with van der Waals surface area (Å²) in [5, 5.41) is -0.308. The van der Waals surface area contributed by atoms with Gasteiger partial charge >= 0.3 is 0 Å². The predicted molar refractivity (Wildman–Crippen MR) is 84.7 cm³/mol. The molecule has 0 fully saturated rings. The van der Waals surface area contributed by atoms with E-state index in [9.17, 15) is 4.39 Å². The van der Waals surface area contributed by atoms with Crippen molar-refractivity contribution in [3.05, 3.63) is 49.4 Å². The standard InChI is InChI=1S/C15H13BrClFOS/c1-19-12-7-11(18)10(16)6-9(12)15(17)14-5-8-3-2-4-13(8)20-14/h5-7,15H,2-4H2,1H3. The summed E-state index contributed by atoms with van der Waals surface area (Å²) in [5.41, 5.74) is 2.21. The minimum atomic E-state index is -0.344. The zero-order valence-corrected chi connectivity index (χ0v) is 14.0. The van der Waals surface area contributed by atoms with Crippen LogP contribution < -0.4 is 4.74 Å². The first-order valence-electron chi connectivity index (χ1n) is 6.38. The van der Waals surface area contributed by atoms with E-state index >= 15 is 0 Å². The van der Waals surface area contributed by atoms with Crippen molar-refractivity contribution in [1.29, 1.82) is 0 Å². The highest BCUT2D eigenvalue weighted by molar-refractivity contribution is 9.10. The van der Waals surface area contributed by atoms with Gasteiger partial charge in [0.05, 0.1) is 17.0 Å². The summed E-state index contributed by atoms with van der Waals surface area (Å²) in [6.45, 7) is 0. The number of alkyl halides is 1. The van der Waals surface area contributed by atoms with Gasteiger partial charge in [0.2, 0.25) is 0 Å². The van der Waals surface area contributed by atoms with Gasteiger partial charge < -0.3 is 4.74 Å². The van der Waals surface area contributed by atoms with Crippen molar-refractivity contribution < 1.29 is 9.13 Å². The minimum absolute atomic E-state index is 0.308. The van der Waals surface area contributed by atoms with Crippen LogP contribution in [0.3, 0.4) is 0 Å². The molecule has 1 unspecified atom stereocenters. The Bertz CT molecular complexity index is 634. The van der Waals surface area contributed by atoms with Crippen LogP contribution in [0.1, 0.15) is 32.7 Å². The lowest BCUT2D eigenvalue weighted by Crippen LogP contribution is -1.97. The Balaban J connectivity index is 2.00. The molecule has 0 spiro atoms. The molecular weight excluding hydrogens is 363 g/mol. The molecule has 5 heteroatoms. The second-order valence-electron chi connectivity index (χ2n) is 4.82. The number of halogens is 3. The van der Waals surface area contributed by atoms with E-state index in [1.807, 2.05) is 0 Å². The van der Waals surface area contributed by atoms with Crippen LogP contribution in [0.5, 0.6) is 5.75 Å². The van der Waals surface area contributed by atoms with E-state index in [1.165, 1.54) is 30.0 Å². The molecule has 1 aliphatic carbocycles. The van der Waals surface area contributed by atoms with Crippen LogP contribution in [0.2, 0.25) is 0 Å². The Kier molecular flexibility index (Phi) is 4.07. The highest BCUT2D eigenvalue weighted by Gasteiger charge is 2.23. The number of benzene rings is 1. The topological polar surface area (TPSA) is 9.23 Å². The fraction of sp³-hybridized carbons (Fsp3) is 0.333. The summed E-state index contributed by atoms with van der Waals surface area (Å²) in [4.78, 5) is 2.54. The van der Waals surface area contributed by atoms with Crippen molar-refractivity contribution in [2.24, 2.45) is 0 Å². The second kappa shape index (κ2) is 5.66. The fourth-order valence-corrected chi connectivity index (χ4v) is 4.53. The molecule has 0 N–H and O–H groups in total. The van der Waals surface area contributed by atoms with Crippen molar-refractivity contribution in [2.45, 2.75) is 24.6 Å². The van der Waals surface area contributed by atoms with Gasteiger partial charge in [-0.2, -0.15) is 0 Å². The Morgan fingerprint density at radius 3 is 2.85 bits per heavy atom. The van der Waals surface area contributed by atoms with Gasteiger partial charge in [-0.05, 0) is 52.9 Å². The normalized spacial score (nSPS) is 15.2. The maximum Gasteiger partial charge on any atom is 0.141 e. The molecule has 2 aromatic rings. The molecule has 1 heterocycles. The van der Waals surface area contributed by atoms with E-state index in [0.29, 0.717) is 10.2 Å². The van der Waals surface area contributed by atoms with Crippen LogP contribution in [-0.4, -0.2) is 7.11 Å². The predicted octanol–water partition coefficient (Wildman–Crippen LogP) is 5.48. The van der Waals surface area contributed by atoms with Crippen LogP contribution in [0.25, 0.3) is 0 Å². The monoisotopic (exact) mass is 374 g/mol. The summed E-state index contributed by atoms with van der Waals surface area (Å²) >= 11 is 11.6. The summed E-state index contributed by atoms with van der Waals surface area (Å²) < 4.78 is 19.2. The quantitative estimate of drug-likeness (QED) is 0.646. The number of rotatable bonds is 3. The molecule has 0 bridgehead atoms. The van der Waals surface area contributed by atoms with Crippen molar-refractivity contribution in [2.75, 3.05) is 7.11 Å². The summed E-state index contributed by atoms with van der Waals surface area (Å²) in [5.74, 6) is 0.141. The lowest BCUT2D eigenvalue weighted by atomic mass is 10.1. The lowest BCUT2D eigenvalue weighted by molar-refractivity contribution is 0.406. The van der Waals surface area contributed by atoms with Crippen LogP contribution in [-0.2, 0) is 12.8 Å². The first-order valence-corrected chi connectivity index (χ1v) is 8.43. The Morgan fingerprint density at radius 1 is 1.35 bits per heavy atom. The first kappa shape index (κ1) is 14.4. The average molecular weight is 376 g/mol. The van der Waals surface area contributed by atoms with Crippen LogP contribution >= 0.6 is 38.9 Å². The smallest absolute Gasteiger partial charge is 0.141 e. The van der Waals surface area contributed by atoms with E-state index in [0.717, 1.165) is 23.3 Å². The van der Waals surface area contributed by atoms with E-state index in [-0.39, 0.29) is 11.2 Å². The Hall–Kier alpha value is -0.580. The summed E-state index contributed by atoms with van der Waals surface area (Å²) in [6, 6.07) is 5.26. The third kappa shape index (κ3) is 2.49. The molecule has 1 aromatic carbocycles. The molecule has 20 heavy (non-hydrogen) atoms. The van der Waals surface area contributed by atoms with Gasteiger partial charge in [-0.25, -0.2) is 4.39 Å². The van der Waals surface area contributed by atoms with E-state index in [4.69, 9.17) is 16.3 Å². The maximum absolute atomic E-state index is 13.6. The molecule has 1 aliphatic rings. The Labute approximate surface area is 134 Å². The maximum atomic E-state index is 13.6. The number of thiophene rings is 1. The third-order valence-corrected chi connectivity index (χ3v) is 6.07. The molecule has 0 saturated heterocycles. The molecule has 3 rings (SSSR count). The summed E-state index contributed by atoms with van der Waals surface area (Å²) in [6.07, 6.45) is 3.52. The SMILES string of the molecule is COc1cc(F)c(Br)cc1C(Cl)c1cc2c(s1)CCC2. The molecule has 106 valence electrons. The molecule has 1 nitrogen and oxygen atoms in total. The molecule has 0 aliphatic heterocycles. The first-order chi connectivity index (χ1) is 9.60. The number of methoxy groups -OCH3 is 1. The number of hydrogen-bond acceptors (Lipinski definition) is 2. The van der Waals surface area contributed by atoms with E-state index < -0.39 is 0 Å². The number of aryl methyl sites for hydroxylation is 2. The van der Waals surface area contributed by atoms with Gasteiger partial charge in [-0.15, -0.1) is 22.9 Å². The molecule has 0 saturated carbocycles. The average Bonchev–Trinajstić information content (AvgIpc) is 3.01. The Morgan fingerprint density at radius 2 is 2.15 bits per heavy atom. The van der Waals surface area contributed by atoms with Gasteiger partial charge in [0.1, 0.15) is 11.6 Å². The van der Waals surface area contributed by atoms with Gasteiger partial charge in [0.15, 0.2) is 0 Å².